The van der Waals surface area contributed by atoms with Crippen LogP contribution >= 0.6 is 0 Å². The number of furan rings is 1. The summed E-state index contributed by atoms with van der Waals surface area (Å²) in [5, 5.41) is 0. The zero-order valence-corrected chi connectivity index (χ0v) is 18.7. The first kappa shape index (κ1) is 21.3. The van der Waals surface area contributed by atoms with Gasteiger partial charge >= 0.3 is 6.09 Å². The van der Waals surface area contributed by atoms with E-state index in [9.17, 15) is 14.4 Å². The Kier molecular flexibility index (Phi) is 5.61. The number of hydrogen-bond donors (Lipinski definition) is 0. The molecule has 5 heterocycles. The molecule has 0 saturated carbocycles. The van der Waals surface area contributed by atoms with Crippen molar-refractivity contribution < 1.29 is 28.3 Å². The molecule has 9 nitrogen and oxygen atoms in total. The van der Waals surface area contributed by atoms with Gasteiger partial charge in [0.15, 0.2) is 0 Å². The highest BCUT2D eigenvalue weighted by atomic mass is 16.6. The van der Waals surface area contributed by atoms with E-state index in [1.807, 2.05) is 11.8 Å². The third-order valence-corrected chi connectivity index (χ3v) is 7.20. The lowest BCUT2D eigenvalue weighted by Gasteiger charge is -2.28. The van der Waals surface area contributed by atoms with Crippen LogP contribution in [0.5, 0.6) is 0 Å². The highest BCUT2D eigenvalue weighted by molar-refractivity contribution is 5.95. The van der Waals surface area contributed by atoms with E-state index < -0.39 is 0 Å². The summed E-state index contributed by atoms with van der Waals surface area (Å²) in [5.74, 6) is 1.30. The van der Waals surface area contributed by atoms with Crippen LogP contribution in [-0.2, 0) is 14.3 Å². The van der Waals surface area contributed by atoms with Gasteiger partial charge in [0.1, 0.15) is 17.6 Å². The van der Waals surface area contributed by atoms with Crippen LogP contribution in [0.4, 0.5) is 4.79 Å². The van der Waals surface area contributed by atoms with Crippen molar-refractivity contribution >= 4 is 17.9 Å². The van der Waals surface area contributed by atoms with Gasteiger partial charge in [-0.25, -0.2) is 4.79 Å². The fraction of sp³-hybridized carbons (Fsp3) is 0.696. The van der Waals surface area contributed by atoms with Crippen molar-refractivity contribution in [2.24, 2.45) is 0 Å². The van der Waals surface area contributed by atoms with Crippen LogP contribution in [0.25, 0.3) is 0 Å². The van der Waals surface area contributed by atoms with Crippen molar-refractivity contribution in [2.45, 2.75) is 70.2 Å². The average Bonchev–Trinajstić information content (AvgIpc) is 3.52. The lowest BCUT2D eigenvalue weighted by molar-refractivity contribution is -0.134. The van der Waals surface area contributed by atoms with Crippen LogP contribution in [0.1, 0.15) is 54.0 Å². The minimum absolute atomic E-state index is 0.0147. The van der Waals surface area contributed by atoms with Gasteiger partial charge in [-0.3, -0.25) is 14.5 Å². The number of fused-ring (bicyclic) bond motifs is 1. The number of likely N-dealkylation sites (tertiary alicyclic amines) is 2. The lowest BCUT2D eigenvalue weighted by Crippen LogP contribution is -2.47. The van der Waals surface area contributed by atoms with Gasteiger partial charge in [0.2, 0.25) is 5.91 Å². The predicted molar refractivity (Wildman–Crippen MR) is 113 cm³/mol. The lowest BCUT2D eigenvalue weighted by atomic mass is 10.1. The Balaban J connectivity index is 1.21. The number of nitrogens with zero attached hydrogens (tertiary/aromatic N) is 3. The van der Waals surface area contributed by atoms with Crippen molar-refractivity contribution in [2.75, 3.05) is 32.8 Å². The zero-order chi connectivity index (χ0) is 22.4. The maximum atomic E-state index is 13.0. The van der Waals surface area contributed by atoms with Gasteiger partial charge in [-0.05, 0) is 45.6 Å². The van der Waals surface area contributed by atoms with Crippen LogP contribution in [0, 0.1) is 13.8 Å². The summed E-state index contributed by atoms with van der Waals surface area (Å²) in [6.45, 7) is 6.29. The minimum atomic E-state index is -0.336. The van der Waals surface area contributed by atoms with Gasteiger partial charge in [-0.1, -0.05) is 0 Å². The Bertz CT molecular complexity index is 908. The predicted octanol–water partition coefficient (Wildman–Crippen LogP) is 2.10. The van der Waals surface area contributed by atoms with Gasteiger partial charge in [-0.15, -0.1) is 0 Å². The van der Waals surface area contributed by atoms with E-state index in [-0.39, 0.29) is 42.2 Å². The Morgan fingerprint density at radius 2 is 1.94 bits per heavy atom. The van der Waals surface area contributed by atoms with Crippen LogP contribution in [0.2, 0.25) is 0 Å². The molecule has 0 N–H and O–H groups in total. The number of aryl methyl sites for hydroxylation is 2. The van der Waals surface area contributed by atoms with Gasteiger partial charge in [0.05, 0.1) is 36.7 Å². The van der Waals surface area contributed by atoms with Crippen LogP contribution in [-0.4, -0.2) is 89.7 Å². The smallest absolute Gasteiger partial charge is 0.410 e. The third-order valence-electron chi connectivity index (χ3n) is 7.20. The normalized spacial score (nSPS) is 30.1. The van der Waals surface area contributed by atoms with Crippen molar-refractivity contribution in [3.63, 3.8) is 0 Å². The molecule has 4 aliphatic rings. The fourth-order valence-electron chi connectivity index (χ4n) is 5.55. The summed E-state index contributed by atoms with van der Waals surface area (Å²) < 4.78 is 16.8. The van der Waals surface area contributed by atoms with Gasteiger partial charge in [0.25, 0.3) is 5.91 Å². The molecular weight excluding hydrogens is 414 g/mol. The van der Waals surface area contributed by atoms with Crippen LogP contribution in [0.15, 0.2) is 10.5 Å². The summed E-state index contributed by atoms with van der Waals surface area (Å²) in [7, 11) is 0. The first-order valence-electron chi connectivity index (χ1n) is 11.7. The Hall–Kier alpha value is -2.55. The topological polar surface area (TPSA) is 92.5 Å². The fourth-order valence-corrected chi connectivity index (χ4v) is 5.55. The second-order valence-electron chi connectivity index (χ2n) is 9.41. The summed E-state index contributed by atoms with van der Waals surface area (Å²) in [6, 6.07) is 1.50. The van der Waals surface area contributed by atoms with Crippen molar-refractivity contribution in [3.8, 4) is 0 Å². The number of hydrogen-bond acceptors (Lipinski definition) is 6. The molecule has 0 aromatic carbocycles. The van der Waals surface area contributed by atoms with Gasteiger partial charge < -0.3 is 23.7 Å². The third kappa shape index (κ3) is 3.87. The van der Waals surface area contributed by atoms with E-state index in [1.165, 1.54) is 0 Å². The van der Waals surface area contributed by atoms with E-state index in [1.54, 1.807) is 22.8 Å². The molecule has 0 bridgehead atoms. The summed E-state index contributed by atoms with van der Waals surface area (Å²) in [4.78, 5) is 43.8. The summed E-state index contributed by atoms with van der Waals surface area (Å²) in [6.07, 6.45) is 3.59. The Labute approximate surface area is 187 Å². The molecule has 4 saturated heterocycles. The van der Waals surface area contributed by atoms with Crippen molar-refractivity contribution in [3.05, 3.63) is 23.2 Å². The SMILES string of the molecule is Cc1cc(C(=O)N2C[C@@H]3OC(=O)N(C4CCN(C(=O)CC5CCCCO5)C4)[C@@H]3C2)c(C)o1. The molecule has 0 spiro atoms. The molecule has 0 aliphatic carbocycles. The van der Waals surface area contributed by atoms with Gasteiger partial charge in [0, 0.05) is 26.2 Å². The molecule has 174 valence electrons. The first-order valence-corrected chi connectivity index (χ1v) is 11.7. The van der Waals surface area contributed by atoms with Gasteiger partial charge in [-0.2, -0.15) is 0 Å². The molecule has 4 atom stereocenters. The molecule has 32 heavy (non-hydrogen) atoms. The van der Waals surface area contributed by atoms with Crippen LogP contribution < -0.4 is 0 Å². The number of carbonyl (C=O) groups is 3. The maximum absolute atomic E-state index is 13.0. The van der Waals surface area contributed by atoms with Crippen molar-refractivity contribution in [1.29, 1.82) is 0 Å². The standard InChI is InChI=1S/C23H31N3O6/c1-14-9-18(15(2)31-14)22(28)25-12-19-20(13-25)32-23(29)26(19)16-6-7-24(11-16)21(27)10-17-5-3-4-8-30-17/h9,16-17,19-20H,3-8,10-13H2,1-2H3/t16?,17?,19-,20+/m1/s1. The molecule has 5 rings (SSSR count). The molecule has 0 radical (unpaired) electrons. The van der Waals surface area contributed by atoms with E-state index in [0.29, 0.717) is 49.7 Å². The largest absolute Gasteiger partial charge is 0.466 e. The number of ether oxygens (including phenoxy) is 2. The van der Waals surface area contributed by atoms with Crippen LogP contribution in [0.3, 0.4) is 0 Å². The zero-order valence-electron chi connectivity index (χ0n) is 18.7. The van der Waals surface area contributed by atoms with Crippen molar-refractivity contribution in [1.82, 2.24) is 14.7 Å². The molecule has 4 fully saturated rings. The molecule has 1 aromatic rings. The van der Waals surface area contributed by atoms with E-state index in [0.717, 1.165) is 32.3 Å². The minimum Gasteiger partial charge on any atom is -0.466 e. The summed E-state index contributed by atoms with van der Waals surface area (Å²) in [5.41, 5.74) is 0.558. The Morgan fingerprint density at radius 3 is 2.66 bits per heavy atom. The molecular formula is C23H31N3O6. The maximum Gasteiger partial charge on any atom is 0.410 e. The second kappa shape index (κ2) is 8.42. The number of rotatable bonds is 4. The second-order valence-corrected chi connectivity index (χ2v) is 9.41. The molecule has 3 amide bonds. The summed E-state index contributed by atoms with van der Waals surface area (Å²) >= 11 is 0. The quantitative estimate of drug-likeness (QED) is 0.705. The van der Waals surface area contributed by atoms with E-state index >= 15 is 0 Å². The van der Waals surface area contributed by atoms with E-state index in [2.05, 4.69) is 0 Å². The van der Waals surface area contributed by atoms with E-state index in [4.69, 9.17) is 13.9 Å². The monoisotopic (exact) mass is 445 g/mol. The molecule has 2 unspecified atom stereocenters. The average molecular weight is 446 g/mol. The number of carbonyl (C=O) groups excluding carboxylic acids is 3. The highest BCUT2D eigenvalue weighted by Crippen LogP contribution is 2.33. The molecule has 4 aliphatic heterocycles. The number of amides is 3. The highest BCUT2D eigenvalue weighted by Gasteiger charge is 2.52. The Morgan fingerprint density at radius 1 is 1.09 bits per heavy atom. The first-order chi connectivity index (χ1) is 15.4. The molecule has 9 heteroatoms. The molecule has 1 aromatic heterocycles.